The van der Waals surface area contributed by atoms with Gasteiger partial charge in [-0.3, -0.25) is 4.57 Å². The summed E-state index contributed by atoms with van der Waals surface area (Å²) in [5.41, 5.74) is 2.24. The molecule has 0 amide bonds. The Balaban J connectivity index is 2.74. The average Bonchev–Trinajstić information content (AvgIpc) is 2.66. The van der Waals surface area contributed by atoms with Crippen molar-refractivity contribution >= 4 is 7.60 Å². The molecule has 1 heterocycles. The van der Waals surface area contributed by atoms with Crippen LogP contribution in [-0.4, -0.2) is 30.8 Å². The zero-order valence-electron chi connectivity index (χ0n) is 10.7. The molecule has 1 aliphatic rings. The highest BCUT2D eigenvalue weighted by Gasteiger charge is 2.46. The number of hydroxylamine groups is 2. The molecule has 8 heteroatoms. The van der Waals surface area contributed by atoms with Crippen LogP contribution in [0.4, 0.5) is 0 Å². The predicted octanol–water partition coefficient (Wildman–Crippen LogP) is 1.88. The highest BCUT2D eigenvalue weighted by Crippen LogP contribution is 2.55. The molecular formula is C9H21N2O5P. The first-order valence-corrected chi connectivity index (χ1v) is 7.37. The summed E-state index contributed by atoms with van der Waals surface area (Å²) in [6.45, 7) is 8.67. The number of nitrogens with zero attached hydrogens (tertiary/aromatic N) is 1. The van der Waals surface area contributed by atoms with Crippen molar-refractivity contribution in [2.24, 2.45) is 5.92 Å². The Labute approximate surface area is 102 Å². The molecule has 1 rings (SSSR count). The zero-order valence-corrected chi connectivity index (χ0v) is 11.6. The molecule has 0 aromatic rings. The molecule has 1 unspecified atom stereocenters. The quantitative estimate of drug-likeness (QED) is 0.707. The predicted molar refractivity (Wildman–Crippen MR) is 61.5 cm³/mol. The van der Waals surface area contributed by atoms with Crippen LogP contribution in [0.2, 0.25) is 0 Å². The van der Waals surface area contributed by atoms with Crippen molar-refractivity contribution in [1.29, 1.82) is 0 Å². The molecule has 102 valence electrons. The summed E-state index contributed by atoms with van der Waals surface area (Å²) in [5, 5.41) is 1.44. The van der Waals surface area contributed by atoms with Gasteiger partial charge in [-0.1, -0.05) is 19.5 Å². The first-order chi connectivity index (χ1) is 8.03. The maximum absolute atomic E-state index is 12.5. The van der Waals surface area contributed by atoms with Gasteiger partial charge in [0.2, 0.25) is 0 Å². The normalized spacial score (nSPS) is 22.5. The van der Waals surface area contributed by atoms with Crippen molar-refractivity contribution < 1.29 is 23.4 Å². The van der Waals surface area contributed by atoms with Gasteiger partial charge in [0.1, 0.15) is 0 Å². The number of hydrogen-bond donors (Lipinski definition) is 1. The van der Waals surface area contributed by atoms with Gasteiger partial charge in [0.25, 0.3) is 5.97 Å². The van der Waals surface area contributed by atoms with E-state index in [4.69, 9.17) is 18.8 Å². The van der Waals surface area contributed by atoms with Gasteiger partial charge >= 0.3 is 7.60 Å². The van der Waals surface area contributed by atoms with Gasteiger partial charge in [0.05, 0.1) is 13.2 Å². The summed E-state index contributed by atoms with van der Waals surface area (Å²) >= 11 is 0. The van der Waals surface area contributed by atoms with Gasteiger partial charge in [-0.2, -0.15) is 4.94 Å². The Hall–Kier alpha value is -0.0100. The molecule has 1 fully saturated rings. The first kappa shape index (κ1) is 15.0. The van der Waals surface area contributed by atoms with Gasteiger partial charge in [0.15, 0.2) is 0 Å². The third-order valence-corrected chi connectivity index (χ3v) is 4.13. The maximum Gasteiger partial charge on any atom is 0.378 e. The molecule has 1 aliphatic heterocycles. The SMILES string of the molecule is CCOP(=O)(OCC)C1ONON1CC(C)C. The van der Waals surface area contributed by atoms with Crippen molar-refractivity contribution in [3.05, 3.63) is 0 Å². The Bertz CT molecular complexity index is 266. The third-order valence-electron chi connectivity index (χ3n) is 1.99. The first-order valence-electron chi connectivity index (χ1n) is 5.76. The van der Waals surface area contributed by atoms with E-state index in [0.717, 1.165) is 0 Å². The van der Waals surface area contributed by atoms with Crippen molar-refractivity contribution in [3.63, 3.8) is 0 Å². The van der Waals surface area contributed by atoms with E-state index in [9.17, 15) is 4.57 Å². The molecule has 1 saturated heterocycles. The van der Waals surface area contributed by atoms with Crippen molar-refractivity contribution in [2.45, 2.75) is 33.7 Å². The second-order valence-corrected chi connectivity index (χ2v) is 6.03. The van der Waals surface area contributed by atoms with Gasteiger partial charge in [-0.25, -0.2) is 4.84 Å². The Kier molecular flexibility index (Phi) is 6.02. The van der Waals surface area contributed by atoms with Crippen LogP contribution in [0.25, 0.3) is 0 Å². The van der Waals surface area contributed by atoms with E-state index in [0.29, 0.717) is 12.5 Å². The number of rotatable bonds is 7. The standard InChI is InChI=1S/C9H21N2O5P/c1-5-13-17(12,14-6-2)9-11(7-8(3)4)16-10-15-9/h8-10H,5-7H2,1-4H3. The van der Waals surface area contributed by atoms with Crippen molar-refractivity contribution in [2.75, 3.05) is 19.8 Å². The molecule has 0 aliphatic carbocycles. The van der Waals surface area contributed by atoms with Gasteiger partial charge in [0, 0.05) is 6.54 Å². The van der Waals surface area contributed by atoms with Crippen LogP contribution < -0.4 is 5.64 Å². The van der Waals surface area contributed by atoms with Crippen LogP contribution in [-0.2, 0) is 23.4 Å². The summed E-state index contributed by atoms with van der Waals surface area (Å²) in [4.78, 5) is 10.1. The van der Waals surface area contributed by atoms with Crippen LogP contribution in [0.15, 0.2) is 0 Å². The molecule has 0 saturated carbocycles. The summed E-state index contributed by atoms with van der Waals surface area (Å²) < 4.78 is 22.9. The monoisotopic (exact) mass is 268 g/mol. The van der Waals surface area contributed by atoms with E-state index in [2.05, 4.69) is 5.64 Å². The minimum Gasteiger partial charge on any atom is -0.306 e. The summed E-state index contributed by atoms with van der Waals surface area (Å²) in [6, 6.07) is 0. The molecule has 7 nitrogen and oxygen atoms in total. The summed E-state index contributed by atoms with van der Waals surface area (Å²) in [6.07, 6.45) is 0. The highest BCUT2D eigenvalue weighted by molar-refractivity contribution is 7.54. The van der Waals surface area contributed by atoms with Crippen LogP contribution in [0, 0.1) is 5.92 Å². The lowest BCUT2D eigenvalue weighted by Crippen LogP contribution is -2.33. The maximum atomic E-state index is 12.5. The van der Waals surface area contributed by atoms with Crippen molar-refractivity contribution in [1.82, 2.24) is 10.7 Å². The van der Waals surface area contributed by atoms with E-state index in [1.807, 2.05) is 13.8 Å². The van der Waals surface area contributed by atoms with E-state index in [-0.39, 0.29) is 13.2 Å². The minimum atomic E-state index is -3.36. The van der Waals surface area contributed by atoms with Gasteiger partial charge in [-0.05, 0) is 19.8 Å². The summed E-state index contributed by atoms with van der Waals surface area (Å²) in [5.74, 6) is -0.539. The zero-order chi connectivity index (χ0) is 12.9. The lowest BCUT2D eigenvalue weighted by Gasteiger charge is -2.26. The molecule has 1 N–H and O–H groups in total. The summed E-state index contributed by atoms with van der Waals surface area (Å²) in [7, 11) is -3.36. The second-order valence-electron chi connectivity index (χ2n) is 3.99. The molecule has 0 aromatic heterocycles. The lowest BCUT2D eigenvalue weighted by atomic mass is 10.2. The van der Waals surface area contributed by atoms with Crippen LogP contribution in [0.3, 0.4) is 0 Å². The van der Waals surface area contributed by atoms with Crippen LogP contribution in [0.1, 0.15) is 27.7 Å². The highest BCUT2D eigenvalue weighted by atomic mass is 31.2. The smallest absolute Gasteiger partial charge is 0.306 e. The van der Waals surface area contributed by atoms with Gasteiger partial charge in [-0.15, -0.1) is 5.06 Å². The molecule has 17 heavy (non-hydrogen) atoms. The Morgan fingerprint density at radius 1 is 1.35 bits per heavy atom. The molecule has 0 aromatic carbocycles. The van der Waals surface area contributed by atoms with E-state index < -0.39 is 13.6 Å². The molecule has 0 radical (unpaired) electrons. The Morgan fingerprint density at radius 2 is 1.94 bits per heavy atom. The molecule has 0 bridgehead atoms. The topological polar surface area (TPSA) is 69.3 Å². The lowest BCUT2D eigenvalue weighted by molar-refractivity contribution is -0.187. The van der Waals surface area contributed by atoms with Gasteiger partial charge < -0.3 is 9.05 Å². The molecule has 1 atom stereocenters. The average molecular weight is 268 g/mol. The fourth-order valence-corrected chi connectivity index (χ4v) is 3.13. The Morgan fingerprint density at radius 3 is 2.41 bits per heavy atom. The number of nitrogens with one attached hydrogen (secondary N) is 1. The van der Waals surface area contributed by atoms with Crippen molar-refractivity contribution in [3.8, 4) is 0 Å². The van der Waals surface area contributed by atoms with Crippen LogP contribution in [0.5, 0.6) is 0 Å². The molecule has 0 spiro atoms. The van der Waals surface area contributed by atoms with Crippen LogP contribution >= 0.6 is 7.60 Å². The van der Waals surface area contributed by atoms with E-state index in [1.165, 1.54) is 5.06 Å². The fraction of sp³-hybridized carbons (Fsp3) is 1.00. The second kappa shape index (κ2) is 6.80. The third kappa shape index (κ3) is 3.99. The largest absolute Gasteiger partial charge is 0.378 e. The fourth-order valence-electron chi connectivity index (χ4n) is 1.45. The minimum absolute atomic E-state index is 0.284. The number of hydrogen-bond acceptors (Lipinski definition) is 7. The molecular weight excluding hydrogens is 247 g/mol. The van der Waals surface area contributed by atoms with E-state index in [1.54, 1.807) is 13.8 Å². The van der Waals surface area contributed by atoms with E-state index >= 15 is 0 Å².